The number of ether oxygens (including phenoxy) is 6. The lowest BCUT2D eigenvalue weighted by Gasteiger charge is -2.33. The number of halogens is 3. The number of carboxylic acid groups (broad SMARTS) is 1. The number of benzene rings is 6. The second-order valence-corrected chi connectivity index (χ2v) is 33.8. The molecule has 11 atom stereocenters. The Morgan fingerprint density at radius 1 is 0.467 bits per heavy atom. The zero-order valence-corrected chi connectivity index (χ0v) is 69.9. The van der Waals surface area contributed by atoms with Crippen LogP contribution in [0.3, 0.4) is 0 Å². The van der Waals surface area contributed by atoms with Crippen molar-refractivity contribution in [1.82, 2.24) is 29.7 Å². The van der Waals surface area contributed by atoms with Crippen LogP contribution in [0.2, 0.25) is 0 Å². The number of nitrogens with zero attached hydrogens (tertiary/aromatic N) is 9. The molecule has 9 aliphatic rings. The van der Waals surface area contributed by atoms with Gasteiger partial charge in [-0.15, -0.1) is 0 Å². The Bertz CT molecular complexity index is 5430. The number of cyclic esters (lactones) is 3. The number of amides is 3. The van der Waals surface area contributed by atoms with Crippen LogP contribution in [0.5, 0.6) is 17.2 Å². The summed E-state index contributed by atoms with van der Waals surface area (Å²) in [4.78, 5) is 77.9. The fourth-order valence-corrected chi connectivity index (χ4v) is 18.3. The standard InChI is InChI=1S/C32H37N3O5.C32H35N3O5.C31H32F3N3O5/c1-18-12-19(2)14-22(13-18)30-20(3)35(32(38)40-30)17-27-23(7-9-29(33-27)34-10-5-11-34)25-15-21(6-8-28(25)39-4)24-16-26(24)31(36)37;1-19-6-4-7-23(14-19)31-20(2)35(32(38)40-31)18-27-24(10-11-29(33-27)34-12-5-13-34)26-17-25-21(15-28(26)39-3)8-9-22(25)16-30(36)37;1-17-28(19-5-3-6-20(13-19)31(32,33)34)42-30(40)37(17)16-25-21(8-10-27(35-25)36-11-4-12-36)23-14-18(7-9-26(23)41-2)22-15-24(22)29(38)39/h6-9,12-15,20,24,26,30-31,36-37H,5,10-11,16-17H2,1-4H3;4,6-7,10-11,14-15,17,20,22,31H,5,8-9,12-13,16,18H2,1-3H3,(H,36,37);3,5-10,13-14,17,22,24,28-29,38-39H,4,11-12,15-16H2,1-2H3/t20-,24-,26+,30-;20-,22-,31-;17-,22-,24+,28-/m000/s1. The molecule has 0 radical (unpaired) electrons. The molecular weight excluding hydrogens is 1560 g/mol. The third-order valence-corrected chi connectivity index (χ3v) is 25.7. The number of fused-ring (bicyclic) bond motifs is 1. The highest BCUT2D eigenvalue weighted by Crippen LogP contribution is 2.54. The molecule has 0 unspecified atom stereocenters. The van der Waals surface area contributed by atoms with Gasteiger partial charge >= 0.3 is 30.4 Å². The quantitative estimate of drug-likeness (QED) is 0.0278. The number of anilines is 3. The summed E-state index contributed by atoms with van der Waals surface area (Å²) in [6.07, 6.45) is -3.68. The number of hydrogen-bond acceptors (Lipinski definition) is 20. The molecule has 27 heteroatoms. The number of aryl methyl sites for hydroxylation is 4. The number of aliphatic hydroxyl groups is 4. The van der Waals surface area contributed by atoms with Gasteiger partial charge in [0.15, 0.2) is 12.6 Å². The van der Waals surface area contributed by atoms with Crippen LogP contribution in [-0.4, -0.2) is 171 Å². The predicted octanol–water partition coefficient (Wildman–Crippen LogP) is 16.4. The van der Waals surface area contributed by atoms with Gasteiger partial charge in [0.05, 0.1) is 88.2 Å². The van der Waals surface area contributed by atoms with Crippen LogP contribution in [0.1, 0.15) is 180 Å². The molecule has 3 aromatic heterocycles. The Morgan fingerprint density at radius 3 is 1.25 bits per heavy atom. The van der Waals surface area contributed by atoms with E-state index in [9.17, 15) is 57.9 Å². The van der Waals surface area contributed by atoms with Gasteiger partial charge in [-0.1, -0.05) is 83.4 Å². The van der Waals surface area contributed by atoms with E-state index in [0.717, 1.165) is 208 Å². The number of carbonyl (C=O) groups is 4. The summed E-state index contributed by atoms with van der Waals surface area (Å²) >= 11 is 0. The van der Waals surface area contributed by atoms with Crippen molar-refractivity contribution < 1.29 is 86.3 Å². The number of hydrogen-bond donors (Lipinski definition) is 5. The number of carbonyl (C=O) groups excluding carboxylic acids is 3. The van der Waals surface area contributed by atoms with E-state index in [1.54, 1.807) is 38.1 Å². The summed E-state index contributed by atoms with van der Waals surface area (Å²) in [7, 11) is 4.87. The topological polar surface area (TPSA) is 283 Å². The first-order valence-electron chi connectivity index (χ1n) is 42.1. The Hall–Kier alpha value is -11.5. The van der Waals surface area contributed by atoms with E-state index >= 15 is 0 Å². The predicted molar refractivity (Wildman–Crippen MR) is 452 cm³/mol. The first-order valence-corrected chi connectivity index (χ1v) is 42.1. The molecule has 0 bridgehead atoms. The maximum absolute atomic E-state index is 13.4. The smallest absolute Gasteiger partial charge is 0.416 e. The molecule has 2 saturated carbocycles. The minimum atomic E-state index is -4.51. The van der Waals surface area contributed by atoms with Gasteiger partial charge < -0.3 is 68.7 Å². The van der Waals surface area contributed by atoms with Gasteiger partial charge in [0.2, 0.25) is 0 Å². The Labute approximate surface area is 707 Å². The maximum atomic E-state index is 13.4. The second-order valence-electron chi connectivity index (χ2n) is 33.8. The molecule has 3 aliphatic carbocycles. The number of aromatic nitrogens is 3. The van der Waals surface area contributed by atoms with Crippen molar-refractivity contribution in [3.05, 3.63) is 230 Å². The van der Waals surface area contributed by atoms with Crippen molar-refractivity contribution in [2.24, 2.45) is 11.8 Å². The summed E-state index contributed by atoms with van der Waals surface area (Å²) in [5, 5.41) is 48.1. The number of aliphatic carboxylic acids is 1. The lowest BCUT2D eigenvalue weighted by molar-refractivity contribution is -0.138. The van der Waals surface area contributed by atoms with Crippen LogP contribution in [-0.2, 0) is 51.2 Å². The zero-order valence-electron chi connectivity index (χ0n) is 69.9. The maximum Gasteiger partial charge on any atom is 0.416 e. The summed E-state index contributed by atoms with van der Waals surface area (Å²) in [6.45, 7) is 18.2. The van der Waals surface area contributed by atoms with Crippen LogP contribution in [0.25, 0.3) is 33.4 Å². The highest BCUT2D eigenvalue weighted by molar-refractivity contribution is 5.81. The first kappa shape index (κ1) is 84.1. The van der Waals surface area contributed by atoms with Gasteiger partial charge in [-0.3, -0.25) is 19.5 Å². The molecule has 8 fully saturated rings. The largest absolute Gasteiger partial charge is 0.496 e. The molecule has 18 rings (SSSR count). The summed E-state index contributed by atoms with van der Waals surface area (Å²) in [5.41, 5.74) is 16.2. The Morgan fingerprint density at radius 2 is 0.869 bits per heavy atom. The molecule has 9 aromatic rings. The van der Waals surface area contributed by atoms with Crippen LogP contribution in [0.15, 0.2) is 152 Å². The molecule has 5 N–H and O–H groups in total. The van der Waals surface area contributed by atoms with Crippen molar-refractivity contribution in [3.63, 3.8) is 0 Å². The van der Waals surface area contributed by atoms with Crippen molar-refractivity contribution >= 4 is 41.7 Å². The Balaban J connectivity index is 0.000000136. The van der Waals surface area contributed by atoms with E-state index in [1.165, 1.54) is 17.0 Å². The van der Waals surface area contributed by atoms with E-state index < -0.39 is 48.5 Å². The first-order chi connectivity index (χ1) is 58.6. The molecule has 24 nitrogen and oxygen atoms in total. The SMILES string of the molecule is COc1cc2c(cc1-c1ccc(N3CCC3)nc1CN1C(=O)O[C@H](c3cccc(C)c3)[C@@H]1C)[C@H](CC(=O)O)CC2.COc1ccc([C@@H]2C[C@H]2C(O)O)cc1-c1ccc(N2CCC2)nc1CN1C(=O)O[C@H](c2cc(C)cc(C)c2)[C@@H]1C.COc1ccc([C@@H]2C[C@H]2C(O)O)cc1-c1ccc(N2CCC2)nc1CN1C(=O)O[C@H](c2cccc(C(F)(F)F)c2)[C@@H]1C. The monoisotopic (exact) mass is 1670 g/mol. The molecule has 6 aromatic carbocycles. The lowest BCUT2D eigenvalue weighted by atomic mass is 9.92. The normalized spacial score (nSPS) is 23.1. The van der Waals surface area contributed by atoms with Crippen molar-refractivity contribution in [3.8, 4) is 50.6 Å². The number of methoxy groups -OCH3 is 3. The number of carboxylic acids is 1. The van der Waals surface area contributed by atoms with Gasteiger partial charge in [-0.25, -0.2) is 29.3 Å². The number of aliphatic hydroxyl groups excluding tert-OH is 2. The molecule has 0 spiro atoms. The number of rotatable bonds is 24. The molecule has 9 heterocycles. The average Bonchev–Trinajstić information content (AvgIpc) is 1.51. The zero-order chi connectivity index (χ0) is 85.9. The summed E-state index contributed by atoms with van der Waals surface area (Å²) in [6, 6.07) is 46.2. The van der Waals surface area contributed by atoms with Gasteiger partial charge in [0.25, 0.3) is 0 Å². The third-order valence-electron chi connectivity index (χ3n) is 25.7. The Kier molecular flexibility index (Phi) is 24.0. The van der Waals surface area contributed by atoms with E-state index in [-0.39, 0.29) is 91.1 Å². The van der Waals surface area contributed by atoms with Crippen molar-refractivity contribution in [2.75, 3.05) is 75.3 Å². The second kappa shape index (κ2) is 34.8. The molecule has 122 heavy (non-hydrogen) atoms. The van der Waals surface area contributed by atoms with Gasteiger partial charge in [-0.2, -0.15) is 13.2 Å². The van der Waals surface area contributed by atoms with Crippen molar-refractivity contribution in [1.29, 1.82) is 0 Å². The molecular formula is C95H104F3N9O15. The average molecular weight is 1670 g/mol. The fraction of sp³-hybridized carbons (Fsp3) is 0.421. The van der Waals surface area contributed by atoms with Crippen LogP contribution < -0.4 is 28.9 Å². The van der Waals surface area contributed by atoms with Crippen molar-refractivity contribution in [2.45, 2.75) is 185 Å². The molecule has 6 aliphatic heterocycles. The number of pyridine rings is 3. The highest BCUT2D eigenvalue weighted by atomic mass is 19.4. The van der Waals surface area contributed by atoms with Gasteiger partial charge in [-0.05, 0) is 228 Å². The van der Waals surface area contributed by atoms with Crippen LogP contribution in [0, 0.1) is 32.6 Å². The van der Waals surface area contributed by atoms with E-state index in [1.807, 2.05) is 99.6 Å². The minimum Gasteiger partial charge on any atom is -0.496 e. The van der Waals surface area contributed by atoms with Gasteiger partial charge in [0.1, 0.15) is 53.0 Å². The lowest BCUT2D eigenvalue weighted by Crippen LogP contribution is -2.38. The molecule has 6 saturated heterocycles. The van der Waals surface area contributed by atoms with E-state index in [4.69, 9.17) is 43.4 Å². The summed E-state index contributed by atoms with van der Waals surface area (Å²) < 4.78 is 74.8. The number of alkyl halides is 3. The van der Waals surface area contributed by atoms with E-state index in [0.29, 0.717) is 30.2 Å². The molecule has 3 amide bonds. The van der Waals surface area contributed by atoms with Crippen LogP contribution in [0.4, 0.5) is 45.0 Å². The molecule has 640 valence electrons. The van der Waals surface area contributed by atoms with Crippen LogP contribution >= 0.6 is 0 Å². The highest BCUT2D eigenvalue weighted by Gasteiger charge is 2.48. The summed E-state index contributed by atoms with van der Waals surface area (Å²) in [5.74, 6) is 3.48. The van der Waals surface area contributed by atoms with E-state index in [2.05, 4.69) is 77.1 Å². The third kappa shape index (κ3) is 17.4. The fourth-order valence-electron chi connectivity index (χ4n) is 18.3. The van der Waals surface area contributed by atoms with Gasteiger partial charge in [0, 0.05) is 84.5 Å². The minimum absolute atomic E-state index is 0.00762.